The third-order valence-electron chi connectivity index (χ3n) is 9.46. The summed E-state index contributed by atoms with van der Waals surface area (Å²) in [6.45, 7) is 9.74. The standard InChI is InChI=1S/C36H46O2/c1-26-20-29(33(37)31(22-26)35(3)16-10-6-11-17-35)24-30-21-27(2)23-32(36(4)18-12-7-13-19-36)34(30)38-25-28-14-8-5-9-15-28/h5,8-9,14-15,20-23,37H,6-7,10-13,16-19,24-25H2,1-4H3. The molecule has 2 fully saturated rings. The predicted molar refractivity (Wildman–Crippen MR) is 158 cm³/mol. The molecule has 3 aromatic carbocycles. The number of hydrogen-bond donors (Lipinski definition) is 1. The van der Waals surface area contributed by atoms with E-state index < -0.39 is 0 Å². The Balaban J connectivity index is 1.57. The highest BCUT2D eigenvalue weighted by atomic mass is 16.5. The van der Waals surface area contributed by atoms with E-state index in [2.05, 4.69) is 82.3 Å². The van der Waals surface area contributed by atoms with Crippen molar-refractivity contribution in [3.63, 3.8) is 0 Å². The molecule has 38 heavy (non-hydrogen) atoms. The fourth-order valence-corrected chi connectivity index (χ4v) is 7.18. The number of rotatable bonds is 7. The van der Waals surface area contributed by atoms with Gasteiger partial charge in [-0.25, -0.2) is 0 Å². The lowest BCUT2D eigenvalue weighted by atomic mass is 9.69. The Hall–Kier alpha value is -2.74. The molecule has 2 saturated carbocycles. The Bertz CT molecular complexity index is 1240. The molecule has 2 aliphatic rings. The van der Waals surface area contributed by atoms with Gasteiger partial charge in [0, 0.05) is 17.5 Å². The van der Waals surface area contributed by atoms with E-state index in [1.807, 2.05) is 0 Å². The minimum Gasteiger partial charge on any atom is -0.507 e. The Morgan fingerprint density at radius 2 is 1.21 bits per heavy atom. The van der Waals surface area contributed by atoms with Crippen LogP contribution >= 0.6 is 0 Å². The maximum absolute atomic E-state index is 11.7. The van der Waals surface area contributed by atoms with Crippen molar-refractivity contribution in [1.82, 2.24) is 0 Å². The second-order valence-electron chi connectivity index (χ2n) is 12.8. The van der Waals surface area contributed by atoms with Crippen molar-refractivity contribution < 1.29 is 9.84 Å². The van der Waals surface area contributed by atoms with Crippen LogP contribution < -0.4 is 4.74 Å². The SMILES string of the molecule is Cc1cc(Cc2cc(C)cc(C3(C)CCCCC3)c2OCc2ccccc2)c(O)c(C2(C)CCCCC2)c1. The molecule has 0 radical (unpaired) electrons. The molecule has 2 nitrogen and oxygen atoms in total. The van der Waals surface area contributed by atoms with Crippen LogP contribution in [0.15, 0.2) is 54.6 Å². The van der Waals surface area contributed by atoms with Crippen LogP contribution in [-0.4, -0.2) is 5.11 Å². The van der Waals surface area contributed by atoms with E-state index >= 15 is 0 Å². The molecule has 0 aromatic heterocycles. The van der Waals surface area contributed by atoms with Gasteiger partial charge in [0.05, 0.1) is 0 Å². The second kappa shape index (κ2) is 11.2. The molecule has 1 N–H and O–H groups in total. The normalized spacial score (nSPS) is 18.7. The van der Waals surface area contributed by atoms with Crippen LogP contribution in [0.5, 0.6) is 11.5 Å². The van der Waals surface area contributed by atoms with Gasteiger partial charge in [-0.3, -0.25) is 0 Å². The van der Waals surface area contributed by atoms with Gasteiger partial charge in [-0.15, -0.1) is 0 Å². The summed E-state index contributed by atoms with van der Waals surface area (Å²) in [4.78, 5) is 0. The molecule has 202 valence electrons. The lowest BCUT2D eigenvalue weighted by Gasteiger charge is -2.36. The molecule has 0 heterocycles. The summed E-state index contributed by atoms with van der Waals surface area (Å²) in [6, 6.07) is 19.6. The van der Waals surface area contributed by atoms with E-state index in [9.17, 15) is 5.11 Å². The van der Waals surface area contributed by atoms with Crippen LogP contribution in [0.2, 0.25) is 0 Å². The van der Waals surface area contributed by atoms with Crippen molar-refractivity contribution in [2.45, 2.75) is 116 Å². The molecule has 0 unspecified atom stereocenters. The number of aryl methyl sites for hydroxylation is 2. The Morgan fingerprint density at radius 1 is 0.684 bits per heavy atom. The number of ether oxygens (including phenoxy) is 1. The van der Waals surface area contributed by atoms with Gasteiger partial charge in [0.1, 0.15) is 18.1 Å². The molecule has 0 saturated heterocycles. The van der Waals surface area contributed by atoms with E-state index in [0.29, 0.717) is 18.8 Å². The van der Waals surface area contributed by atoms with Gasteiger partial charge in [0.15, 0.2) is 0 Å². The zero-order valence-corrected chi connectivity index (χ0v) is 24.0. The average molecular weight is 511 g/mol. The molecule has 3 aromatic rings. The fraction of sp³-hybridized carbons (Fsp3) is 0.500. The highest BCUT2D eigenvalue weighted by Crippen LogP contribution is 2.47. The maximum Gasteiger partial charge on any atom is 0.127 e. The maximum atomic E-state index is 11.7. The third kappa shape index (κ3) is 5.65. The molecular formula is C36H46O2. The van der Waals surface area contributed by atoms with Crippen molar-refractivity contribution >= 4 is 0 Å². The first-order chi connectivity index (χ1) is 18.3. The van der Waals surface area contributed by atoms with E-state index in [-0.39, 0.29) is 10.8 Å². The van der Waals surface area contributed by atoms with Crippen LogP contribution in [0.4, 0.5) is 0 Å². The Morgan fingerprint density at radius 3 is 1.82 bits per heavy atom. The summed E-state index contributed by atoms with van der Waals surface area (Å²) in [5.74, 6) is 1.54. The van der Waals surface area contributed by atoms with E-state index in [1.54, 1.807) is 0 Å². The zero-order chi connectivity index (χ0) is 26.8. The van der Waals surface area contributed by atoms with Crippen LogP contribution in [0.1, 0.15) is 117 Å². The Labute approximate surface area is 230 Å². The van der Waals surface area contributed by atoms with Crippen LogP contribution in [0.3, 0.4) is 0 Å². The number of phenols is 1. The molecule has 2 heteroatoms. The molecule has 2 aliphatic carbocycles. The lowest BCUT2D eigenvalue weighted by Crippen LogP contribution is -2.26. The van der Waals surface area contributed by atoms with Crippen molar-refractivity contribution in [3.8, 4) is 11.5 Å². The minimum atomic E-state index is 0.0586. The minimum absolute atomic E-state index is 0.0586. The van der Waals surface area contributed by atoms with Crippen molar-refractivity contribution in [1.29, 1.82) is 0 Å². The van der Waals surface area contributed by atoms with Crippen LogP contribution in [0, 0.1) is 13.8 Å². The van der Waals surface area contributed by atoms with Gasteiger partial charge < -0.3 is 9.84 Å². The third-order valence-corrected chi connectivity index (χ3v) is 9.46. The molecule has 0 atom stereocenters. The molecule has 5 rings (SSSR count). The van der Waals surface area contributed by atoms with Gasteiger partial charge in [0.2, 0.25) is 0 Å². The molecule has 0 amide bonds. The molecule has 0 aliphatic heterocycles. The fourth-order valence-electron chi connectivity index (χ4n) is 7.18. The summed E-state index contributed by atoms with van der Waals surface area (Å²) < 4.78 is 6.75. The summed E-state index contributed by atoms with van der Waals surface area (Å²) in [7, 11) is 0. The largest absolute Gasteiger partial charge is 0.507 e. The number of benzene rings is 3. The van der Waals surface area contributed by atoms with Gasteiger partial charge >= 0.3 is 0 Å². The summed E-state index contributed by atoms with van der Waals surface area (Å²) >= 11 is 0. The van der Waals surface area contributed by atoms with Gasteiger partial charge in [-0.05, 0) is 67.1 Å². The van der Waals surface area contributed by atoms with Crippen LogP contribution in [0.25, 0.3) is 0 Å². The number of hydrogen-bond acceptors (Lipinski definition) is 2. The topological polar surface area (TPSA) is 29.5 Å². The summed E-state index contributed by atoms with van der Waals surface area (Å²) in [5, 5.41) is 11.7. The van der Waals surface area contributed by atoms with Gasteiger partial charge in [-0.1, -0.05) is 118 Å². The first-order valence-corrected chi connectivity index (χ1v) is 14.9. The average Bonchev–Trinajstić information content (AvgIpc) is 2.91. The number of aromatic hydroxyl groups is 1. The monoisotopic (exact) mass is 510 g/mol. The lowest BCUT2D eigenvalue weighted by molar-refractivity contribution is 0.270. The second-order valence-corrected chi connectivity index (χ2v) is 12.8. The highest BCUT2D eigenvalue weighted by Gasteiger charge is 2.34. The van der Waals surface area contributed by atoms with Gasteiger partial charge in [0.25, 0.3) is 0 Å². The van der Waals surface area contributed by atoms with E-state index in [1.165, 1.54) is 79.2 Å². The Kier molecular flexibility index (Phi) is 7.89. The smallest absolute Gasteiger partial charge is 0.127 e. The zero-order valence-electron chi connectivity index (χ0n) is 24.0. The summed E-state index contributed by atoms with van der Waals surface area (Å²) in [5.41, 5.74) is 8.61. The van der Waals surface area contributed by atoms with E-state index in [4.69, 9.17) is 4.74 Å². The number of phenolic OH excluding ortho intramolecular Hbond substituents is 1. The molecule has 0 bridgehead atoms. The molecular weight excluding hydrogens is 464 g/mol. The predicted octanol–water partition coefficient (Wildman–Crippen LogP) is 9.62. The van der Waals surface area contributed by atoms with Crippen molar-refractivity contribution in [3.05, 3.63) is 93.5 Å². The quantitative estimate of drug-likeness (QED) is 0.343. The van der Waals surface area contributed by atoms with Crippen molar-refractivity contribution in [2.75, 3.05) is 0 Å². The van der Waals surface area contributed by atoms with E-state index in [0.717, 1.165) is 29.7 Å². The molecule has 0 spiro atoms. The first kappa shape index (κ1) is 26.9. The van der Waals surface area contributed by atoms with Crippen LogP contribution in [-0.2, 0) is 23.9 Å². The van der Waals surface area contributed by atoms with Gasteiger partial charge in [-0.2, -0.15) is 0 Å². The van der Waals surface area contributed by atoms with Crippen molar-refractivity contribution in [2.24, 2.45) is 0 Å². The highest BCUT2D eigenvalue weighted by molar-refractivity contribution is 5.54. The first-order valence-electron chi connectivity index (χ1n) is 14.9. The summed E-state index contributed by atoms with van der Waals surface area (Å²) in [6.07, 6.45) is 13.1.